The van der Waals surface area contributed by atoms with Gasteiger partial charge in [0, 0.05) is 36.2 Å². The average molecular weight is 400 g/mol. The van der Waals surface area contributed by atoms with Crippen molar-refractivity contribution in [3.8, 4) is 5.69 Å². The fourth-order valence-corrected chi connectivity index (χ4v) is 2.95. The number of hydrogen-bond acceptors (Lipinski definition) is 4. The average Bonchev–Trinajstić information content (AvgIpc) is 3.31. The van der Waals surface area contributed by atoms with Crippen LogP contribution in [-0.4, -0.2) is 33.2 Å². The van der Waals surface area contributed by atoms with Crippen molar-refractivity contribution in [3.63, 3.8) is 0 Å². The van der Waals surface area contributed by atoms with Crippen LogP contribution >= 0.6 is 0 Å². The smallest absolute Gasteiger partial charge is 0.315 e. The zero-order valence-corrected chi connectivity index (χ0v) is 16.1. The molecule has 30 heavy (non-hydrogen) atoms. The number of nitrogens with one attached hydrogen (secondary N) is 3. The van der Waals surface area contributed by atoms with Crippen LogP contribution in [0.5, 0.6) is 0 Å². The maximum absolute atomic E-state index is 12.1. The molecule has 3 N–H and O–H groups in total. The molecule has 8 nitrogen and oxygen atoms in total. The summed E-state index contributed by atoms with van der Waals surface area (Å²) in [4.78, 5) is 28.4. The molecule has 0 saturated carbocycles. The van der Waals surface area contributed by atoms with Gasteiger partial charge in [-0.15, -0.1) is 0 Å². The Labute approximate surface area is 172 Å². The molecule has 2 aromatic carbocycles. The van der Waals surface area contributed by atoms with Crippen LogP contribution in [0, 0.1) is 0 Å². The van der Waals surface area contributed by atoms with Gasteiger partial charge in [-0.25, -0.2) is 9.48 Å². The molecule has 8 heteroatoms. The van der Waals surface area contributed by atoms with Crippen molar-refractivity contribution in [2.75, 3.05) is 11.9 Å². The van der Waals surface area contributed by atoms with Gasteiger partial charge in [-0.2, -0.15) is 5.10 Å². The predicted molar refractivity (Wildman–Crippen MR) is 114 cm³/mol. The lowest BCUT2D eigenvalue weighted by Gasteiger charge is -2.09. The summed E-state index contributed by atoms with van der Waals surface area (Å²) in [6.07, 6.45) is 5.27. The van der Waals surface area contributed by atoms with E-state index in [0.717, 1.165) is 22.2 Å². The maximum Gasteiger partial charge on any atom is 0.315 e. The summed E-state index contributed by atoms with van der Waals surface area (Å²) in [5.74, 6) is -0.313. The first-order valence-electron chi connectivity index (χ1n) is 9.43. The second kappa shape index (κ2) is 8.87. The largest absolute Gasteiger partial charge is 0.334 e. The van der Waals surface area contributed by atoms with Gasteiger partial charge >= 0.3 is 6.03 Å². The van der Waals surface area contributed by atoms with Gasteiger partial charge in [0.25, 0.3) is 0 Å². The lowest BCUT2D eigenvalue weighted by atomic mass is 10.1. The summed E-state index contributed by atoms with van der Waals surface area (Å²) in [6.45, 7) is 0.209. The van der Waals surface area contributed by atoms with E-state index in [1.165, 1.54) is 0 Å². The third-order valence-electron chi connectivity index (χ3n) is 4.45. The number of pyridine rings is 1. The van der Waals surface area contributed by atoms with E-state index in [0.29, 0.717) is 12.2 Å². The number of rotatable bonds is 6. The van der Waals surface area contributed by atoms with Gasteiger partial charge in [0.2, 0.25) is 5.91 Å². The fourth-order valence-electron chi connectivity index (χ4n) is 2.95. The minimum atomic E-state index is -0.416. The van der Waals surface area contributed by atoms with Crippen LogP contribution < -0.4 is 16.0 Å². The summed E-state index contributed by atoms with van der Waals surface area (Å²) in [7, 11) is 0. The van der Waals surface area contributed by atoms with Crippen molar-refractivity contribution in [1.82, 2.24) is 25.4 Å². The Morgan fingerprint density at radius 3 is 2.60 bits per heavy atom. The van der Waals surface area contributed by atoms with Gasteiger partial charge in [0.05, 0.1) is 17.7 Å². The van der Waals surface area contributed by atoms with Crippen LogP contribution in [0.4, 0.5) is 10.5 Å². The first-order chi connectivity index (χ1) is 14.7. The minimum Gasteiger partial charge on any atom is -0.334 e. The van der Waals surface area contributed by atoms with Crippen LogP contribution in [-0.2, 0) is 11.3 Å². The molecule has 0 atom stereocenters. The van der Waals surface area contributed by atoms with Gasteiger partial charge < -0.3 is 16.0 Å². The molecule has 0 fully saturated rings. The first-order valence-corrected chi connectivity index (χ1v) is 9.43. The molecular formula is C22H20N6O2. The summed E-state index contributed by atoms with van der Waals surface area (Å²) in [6, 6.07) is 18.4. The number of carbonyl (C=O) groups is 2. The van der Waals surface area contributed by atoms with Crippen LogP contribution in [0.25, 0.3) is 16.6 Å². The van der Waals surface area contributed by atoms with Crippen LogP contribution in [0.2, 0.25) is 0 Å². The van der Waals surface area contributed by atoms with Crippen molar-refractivity contribution >= 4 is 28.5 Å². The Hall–Kier alpha value is -4.20. The quantitative estimate of drug-likeness (QED) is 0.463. The molecule has 0 aliphatic heterocycles. The van der Waals surface area contributed by atoms with Gasteiger partial charge in [-0.05, 0) is 48.0 Å². The lowest BCUT2D eigenvalue weighted by molar-refractivity contribution is -0.115. The standard InChI is InChI=1S/C22H20N6O2/c29-21(27-18-6-8-19(9-7-18)28-12-2-11-26-28)15-25-22(30)24-14-16-4-5-17-3-1-10-23-20(17)13-16/h1-13H,14-15H2,(H,27,29)(H2,24,25,30). The Kier molecular flexibility index (Phi) is 5.66. The molecule has 0 radical (unpaired) electrons. The predicted octanol–water partition coefficient (Wildman–Crippen LogP) is 2.86. The number of fused-ring (bicyclic) bond motifs is 1. The Bertz CT molecular complexity index is 1160. The van der Waals surface area contributed by atoms with Crippen LogP contribution in [0.1, 0.15) is 5.56 Å². The van der Waals surface area contributed by atoms with E-state index in [1.807, 2.05) is 54.7 Å². The summed E-state index contributed by atoms with van der Waals surface area (Å²) in [5, 5.41) is 13.2. The molecule has 2 heterocycles. The maximum atomic E-state index is 12.1. The highest BCUT2D eigenvalue weighted by Gasteiger charge is 2.07. The van der Waals surface area contributed by atoms with Crippen molar-refractivity contribution in [3.05, 3.63) is 84.8 Å². The third-order valence-corrected chi connectivity index (χ3v) is 4.45. The van der Waals surface area contributed by atoms with E-state index in [4.69, 9.17) is 0 Å². The van der Waals surface area contributed by atoms with Crippen LogP contribution in [0.3, 0.4) is 0 Å². The summed E-state index contributed by atoms with van der Waals surface area (Å²) < 4.78 is 1.73. The highest BCUT2D eigenvalue weighted by atomic mass is 16.2. The van der Waals surface area contributed by atoms with Gasteiger partial charge in [0.1, 0.15) is 0 Å². The molecule has 0 saturated heterocycles. The lowest BCUT2D eigenvalue weighted by Crippen LogP contribution is -2.39. The molecule has 0 bridgehead atoms. The SMILES string of the molecule is O=C(CNC(=O)NCc1ccc2cccnc2c1)Nc1ccc(-n2cccn2)cc1. The van der Waals surface area contributed by atoms with Crippen molar-refractivity contribution < 1.29 is 9.59 Å². The minimum absolute atomic E-state index is 0.133. The summed E-state index contributed by atoms with van der Waals surface area (Å²) in [5.41, 5.74) is 3.33. The van der Waals surface area contributed by atoms with Gasteiger partial charge in [-0.1, -0.05) is 18.2 Å². The van der Waals surface area contributed by atoms with Crippen molar-refractivity contribution in [1.29, 1.82) is 0 Å². The highest BCUT2D eigenvalue weighted by Crippen LogP contribution is 2.13. The number of urea groups is 1. The molecule has 4 aromatic rings. The van der Waals surface area contributed by atoms with E-state index in [9.17, 15) is 9.59 Å². The zero-order chi connectivity index (χ0) is 20.8. The number of amides is 3. The molecule has 2 aromatic heterocycles. The van der Waals surface area contributed by atoms with E-state index < -0.39 is 6.03 Å². The third kappa shape index (κ3) is 4.79. The van der Waals surface area contributed by atoms with Gasteiger partial charge in [-0.3, -0.25) is 9.78 Å². The molecule has 150 valence electrons. The molecule has 0 spiro atoms. The topological polar surface area (TPSA) is 101 Å². The summed E-state index contributed by atoms with van der Waals surface area (Å²) >= 11 is 0. The van der Waals surface area contributed by atoms with Crippen LogP contribution in [0.15, 0.2) is 79.3 Å². The molecule has 0 unspecified atom stereocenters. The number of hydrogen-bond donors (Lipinski definition) is 3. The second-order valence-corrected chi connectivity index (χ2v) is 6.61. The van der Waals surface area contributed by atoms with E-state index >= 15 is 0 Å². The van der Waals surface area contributed by atoms with Gasteiger partial charge in [0.15, 0.2) is 0 Å². The Balaban J connectivity index is 1.22. The van der Waals surface area contributed by atoms with E-state index in [1.54, 1.807) is 29.2 Å². The molecule has 3 amide bonds. The van der Waals surface area contributed by atoms with E-state index in [-0.39, 0.29) is 12.5 Å². The second-order valence-electron chi connectivity index (χ2n) is 6.61. The first kappa shape index (κ1) is 19.1. The number of anilines is 1. The zero-order valence-electron chi connectivity index (χ0n) is 16.1. The number of carbonyl (C=O) groups excluding carboxylic acids is 2. The molecule has 0 aliphatic carbocycles. The Morgan fingerprint density at radius 1 is 0.933 bits per heavy atom. The fraction of sp³-hybridized carbons (Fsp3) is 0.0909. The molecule has 4 rings (SSSR count). The van der Waals surface area contributed by atoms with Crippen molar-refractivity contribution in [2.24, 2.45) is 0 Å². The van der Waals surface area contributed by atoms with E-state index in [2.05, 4.69) is 26.0 Å². The normalized spacial score (nSPS) is 10.5. The Morgan fingerprint density at radius 2 is 1.80 bits per heavy atom. The number of nitrogens with zero attached hydrogens (tertiary/aromatic N) is 3. The monoisotopic (exact) mass is 400 g/mol. The van der Waals surface area contributed by atoms with Crippen molar-refractivity contribution in [2.45, 2.75) is 6.54 Å². The highest BCUT2D eigenvalue weighted by molar-refractivity contribution is 5.94. The molecule has 0 aliphatic rings. The number of benzene rings is 2. The molecular weight excluding hydrogens is 380 g/mol. The number of aromatic nitrogens is 3.